The van der Waals surface area contributed by atoms with Crippen LogP contribution in [-0.4, -0.2) is 38.1 Å². The fraction of sp³-hybridized carbons (Fsp3) is 0.286. The molecule has 2 heterocycles. The Morgan fingerprint density at radius 2 is 1.95 bits per heavy atom. The molecule has 0 spiro atoms. The number of nitrogens with zero attached hydrogens (tertiary/aromatic N) is 4. The third-order valence-electron chi connectivity index (χ3n) is 3.65. The lowest BCUT2D eigenvalue weighted by atomic mass is 9.92. The highest BCUT2D eigenvalue weighted by atomic mass is 16.2. The molecule has 7 heteroatoms. The van der Waals surface area contributed by atoms with Crippen molar-refractivity contribution >= 4 is 11.9 Å². The van der Waals surface area contributed by atoms with Crippen molar-refractivity contribution in [1.29, 1.82) is 0 Å². The van der Waals surface area contributed by atoms with E-state index in [4.69, 9.17) is 0 Å². The highest BCUT2D eigenvalue weighted by Gasteiger charge is 2.48. The van der Waals surface area contributed by atoms with Gasteiger partial charge in [-0.1, -0.05) is 30.3 Å². The molecule has 0 bridgehead atoms. The number of carbonyl (C=O) groups excluding carboxylic acids is 2. The normalized spacial score (nSPS) is 21.7. The number of aromatic nitrogens is 3. The monoisotopic (exact) mass is 285 g/mol. The third kappa shape index (κ3) is 2.26. The van der Waals surface area contributed by atoms with E-state index in [9.17, 15) is 9.59 Å². The Morgan fingerprint density at radius 1 is 1.19 bits per heavy atom. The second-order valence-electron chi connectivity index (χ2n) is 5.04. The minimum Gasteiger partial charge on any atom is -0.319 e. The summed E-state index contributed by atoms with van der Waals surface area (Å²) in [5, 5.41) is 6.73. The van der Waals surface area contributed by atoms with Gasteiger partial charge in [0, 0.05) is 0 Å². The molecular weight excluding hydrogens is 270 g/mol. The van der Waals surface area contributed by atoms with E-state index < -0.39 is 5.54 Å². The summed E-state index contributed by atoms with van der Waals surface area (Å²) in [5.74, 6) is -0.251. The predicted molar refractivity (Wildman–Crippen MR) is 74.1 cm³/mol. The molecule has 21 heavy (non-hydrogen) atoms. The van der Waals surface area contributed by atoms with Crippen LogP contribution in [0.25, 0.3) is 0 Å². The number of amides is 3. The van der Waals surface area contributed by atoms with Gasteiger partial charge in [-0.15, -0.1) is 0 Å². The minimum atomic E-state index is -1.01. The van der Waals surface area contributed by atoms with Gasteiger partial charge in [-0.2, -0.15) is 5.10 Å². The zero-order chi connectivity index (χ0) is 14.9. The van der Waals surface area contributed by atoms with Gasteiger partial charge in [0.2, 0.25) is 0 Å². The van der Waals surface area contributed by atoms with Crippen molar-refractivity contribution in [3.05, 3.63) is 48.5 Å². The molecule has 0 radical (unpaired) electrons. The van der Waals surface area contributed by atoms with E-state index in [1.54, 1.807) is 17.9 Å². The molecule has 1 N–H and O–H groups in total. The third-order valence-corrected chi connectivity index (χ3v) is 3.65. The first-order valence-electron chi connectivity index (χ1n) is 6.63. The van der Waals surface area contributed by atoms with E-state index in [0.29, 0.717) is 6.54 Å². The Labute approximate surface area is 121 Å². The van der Waals surface area contributed by atoms with Gasteiger partial charge in [0.1, 0.15) is 18.2 Å². The predicted octanol–water partition coefficient (Wildman–Crippen LogP) is 0.745. The number of nitrogens with one attached hydrogen (secondary N) is 1. The number of imide groups is 1. The van der Waals surface area contributed by atoms with Crippen molar-refractivity contribution < 1.29 is 9.59 Å². The Kier molecular flexibility index (Phi) is 3.17. The fourth-order valence-electron chi connectivity index (χ4n) is 2.42. The van der Waals surface area contributed by atoms with E-state index in [1.807, 2.05) is 30.3 Å². The maximum atomic E-state index is 12.6. The first-order chi connectivity index (χ1) is 10.1. The molecule has 1 aromatic carbocycles. The van der Waals surface area contributed by atoms with Gasteiger partial charge in [-0.05, 0) is 12.5 Å². The summed E-state index contributed by atoms with van der Waals surface area (Å²) in [6, 6.07) is 8.84. The van der Waals surface area contributed by atoms with Gasteiger partial charge in [-0.3, -0.25) is 14.4 Å². The smallest absolute Gasteiger partial charge is 0.319 e. The zero-order valence-corrected chi connectivity index (χ0v) is 11.6. The first-order valence-corrected chi connectivity index (χ1v) is 6.63. The second kappa shape index (κ2) is 5.01. The van der Waals surface area contributed by atoms with Crippen LogP contribution in [-0.2, 0) is 16.9 Å². The van der Waals surface area contributed by atoms with Crippen LogP contribution in [0.2, 0.25) is 0 Å². The van der Waals surface area contributed by atoms with Crippen molar-refractivity contribution in [2.75, 3.05) is 6.54 Å². The number of rotatable bonds is 4. The Morgan fingerprint density at radius 3 is 2.62 bits per heavy atom. The molecule has 0 saturated carbocycles. The molecule has 108 valence electrons. The lowest BCUT2D eigenvalue weighted by Gasteiger charge is -2.22. The maximum Gasteiger partial charge on any atom is 0.325 e. The van der Waals surface area contributed by atoms with Crippen LogP contribution in [0, 0.1) is 0 Å². The molecule has 1 atom stereocenters. The summed E-state index contributed by atoms with van der Waals surface area (Å²) in [5.41, 5.74) is -0.243. The molecule has 2 aromatic rings. The van der Waals surface area contributed by atoms with Gasteiger partial charge in [0.25, 0.3) is 5.91 Å². The number of urea groups is 1. The van der Waals surface area contributed by atoms with Crippen molar-refractivity contribution in [3.8, 4) is 0 Å². The minimum absolute atomic E-state index is 0.251. The van der Waals surface area contributed by atoms with E-state index in [1.165, 1.54) is 11.2 Å². The molecule has 1 aliphatic heterocycles. The molecule has 1 aliphatic rings. The van der Waals surface area contributed by atoms with Crippen molar-refractivity contribution in [1.82, 2.24) is 25.0 Å². The SMILES string of the molecule is CC1(c2ccccc2)NC(=O)N(CCn2cncn2)C1=O. The largest absolute Gasteiger partial charge is 0.325 e. The second-order valence-corrected chi connectivity index (χ2v) is 5.04. The molecular formula is C14H15N5O2. The molecule has 0 aliphatic carbocycles. The van der Waals surface area contributed by atoms with Crippen molar-refractivity contribution in [2.45, 2.75) is 19.0 Å². The Balaban J connectivity index is 1.79. The molecule has 1 aromatic heterocycles. The molecule has 3 rings (SSSR count). The van der Waals surface area contributed by atoms with Gasteiger partial charge >= 0.3 is 6.03 Å². The van der Waals surface area contributed by atoms with E-state index in [0.717, 1.165) is 5.56 Å². The van der Waals surface area contributed by atoms with Crippen LogP contribution in [0.5, 0.6) is 0 Å². The van der Waals surface area contributed by atoms with Crippen molar-refractivity contribution in [2.24, 2.45) is 0 Å². The van der Waals surface area contributed by atoms with Crippen molar-refractivity contribution in [3.63, 3.8) is 0 Å². The van der Waals surface area contributed by atoms with Gasteiger partial charge in [0.05, 0.1) is 13.1 Å². The summed E-state index contributed by atoms with van der Waals surface area (Å²) >= 11 is 0. The average Bonchev–Trinajstić information content (AvgIpc) is 3.07. The Bertz CT molecular complexity index is 655. The molecule has 7 nitrogen and oxygen atoms in total. The number of benzene rings is 1. The highest BCUT2D eigenvalue weighted by molar-refractivity contribution is 6.07. The molecule has 1 saturated heterocycles. The molecule has 1 unspecified atom stereocenters. The summed E-state index contributed by atoms with van der Waals surface area (Å²) < 4.78 is 1.58. The fourth-order valence-corrected chi connectivity index (χ4v) is 2.42. The molecule has 1 fully saturated rings. The quantitative estimate of drug-likeness (QED) is 0.840. The van der Waals surface area contributed by atoms with Crippen LogP contribution in [0.3, 0.4) is 0 Å². The van der Waals surface area contributed by atoms with E-state index in [-0.39, 0.29) is 18.5 Å². The summed E-state index contributed by atoms with van der Waals surface area (Å²) in [7, 11) is 0. The topological polar surface area (TPSA) is 80.1 Å². The van der Waals surface area contributed by atoms with E-state index >= 15 is 0 Å². The maximum absolute atomic E-state index is 12.6. The van der Waals surface area contributed by atoms with Gasteiger partial charge < -0.3 is 5.32 Å². The standard InChI is InChI=1S/C14H15N5O2/c1-14(11-5-3-2-4-6-11)12(20)19(13(21)17-14)8-7-18-10-15-9-16-18/h2-6,9-10H,7-8H2,1H3,(H,17,21). The summed E-state index contributed by atoms with van der Waals surface area (Å²) in [6.07, 6.45) is 2.97. The highest BCUT2D eigenvalue weighted by Crippen LogP contribution is 2.28. The van der Waals surface area contributed by atoms with Crippen LogP contribution in [0.15, 0.2) is 43.0 Å². The lowest BCUT2D eigenvalue weighted by Crippen LogP contribution is -2.41. The van der Waals surface area contributed by atoms with Crippen LogP contribution in [0.1, 0.15) is 12.5 Å². The average molecular weight is 285 g/mol. The molecule has 3 amide bonds. The summed E-state index contributed by atoms with van der Waals surface area (Å²) in [4.78, 5) is 29.7. The number of carbonyl (C=O) groups is 2. The summed E-state index contributed by atoms with van der Waals surface area (Å²) in [6.45, 7) is 2.40. The van der Waals surface area contributed by atoms with Gasteiger partial charge in [-0.25, -0.2) is 9.78 Å². The Hall–Kier alpha value is -2.70. The zero-order valence-electron chi connectivity index (χ0n) is 11.6. The lowest BCUT2D eigenvalue weighted by molar-refractivity contribution is -0.131. The first kappa shape index (κ1) is 13.3. The number of hydrogen-bond acceptors (Lipinski definition) is 4. The van der Waals surface area contributed by atoms with Crippen LogP contribution >= 0.6 is 0 Å². The number of hydrogen-bond donors (Lipinski definition) is 1. The van der Waals surface area contributed by atoms with Crippen LogP contribution < -0.4 is 5.32 Å². The van der Waals surface area contributed by atoms with E-state index in [2.05, 4.69) is 15.4 Å². The van der Waals surface area contributed by atoms with Crippen LogP contribution in [0.4, 0.5) is 4.79 Å². The van der Waals surface area contributed by atoms with Gasteiger partial charge in [0.15, 0.2) is 0 Å².